The summed E-state index contributed by atoms with van der Waals surface area (Å²) in [6.07, 6.45) is 26.8. The van der Waals surface area contributed by atoms with Crippen LogP contribution in [0.2, 0.25) is 0 Å². The minimum Gasteiger partial charge on any atom is -0.393 e. The normalized spacial score (nSPS) is 39.4. The molecular weight excluding hydrogens is 997 g/mol. The van der Waals surface area contributed by atoms with Crippen LogP contribution in [0.25, 0.3) is 0 Å². The van der Waals surface area contributed by atoms with Crippen molar-refractivity contribution in [2.45, 2.75) is 236 Å². The molecule has 11 rings (SSSR count). The van der Waals surface area contributed by atoms with Gasteiger partial charge in [0.05, 0.1) is 50.8 Å². The Morgan fingerprint density at radius 1 is 0.610 bits per heavy atom. The highest BCUT2D eigenvalue weighted by molar-refractivity contribution is 7.92. The van der Waals surface area contributed by atoms with Gasteiger partial charge in [0.1, 0.15) is 0 Å². The van der Waals surface area contributed by atoms with Crippen molar-refractivity contribution in [1.82, 2.24) is 0 Å². The zero-order valence-electron chi connectivity index (χ0n) is 48.1. The number of sulfone groups is 2. The van der Waals surface area contributed by atoms with Gasteiger partial charge in [0.25, 0.3) is 0 Å². The molecule has 19 atom stereocenters. The maximum absolute atomic E-state index is 13.6. The lowest BCUT2D eigenvalue weighted by Crippen LogP contribution is -2.48. The fourth-order valence-corrected chi connectivity index (χ4v) is 22.3. The lowest BCUT2D eigenvalue weighted by atomic mass is 9.50. The third-order valence-electron chi connectivity index (χ3n) is 23.2. The van der Waals surface area contributed by atoms with E-state index < -0.39 is 42.2 Å². The van der Waals surface area contributed by atoms with Crippen molar-refractivity contribution in [3.63, 3.8) is 0 Å². The molecule has 1 saturated heterocycles. The molecule has 1 heterocycles. The second-order valence-electron chi connectivity index (χ2n) is 27.5. The van der Waals surface area contributed by atoms with E-state index in [0.717, 1.165) is 100 Å². The molecule has 2 aromatic carbocycles. The first-order valence-electron chi connectivity index (χ1n) is 30.7. The van der Waals surface area contributed by atoms with Crippen molar-refractivity contribution in [2.75, 3.05) is 12.4 Å². The molecule has 0 aromatic heterocycles. The van der Waals surface area contributed by atoms with Crippen LogP contribution in [0.5, 0.6) is 0 Å². The largest absolute Gasteiger partial charge is 0.393 e. The van der Waals surface area contributed by atoms with E-state index in [4.69, 9.17) is 4.74 Å². The summed E-state index contributed by atoms with van der Waals surface area (Å²) in [5, 5.41) is 31.5. The van der Waals surface area contributed by atoms with E-state index in [9.17, 15) is 32.2 Å². The number of fused-ring (bicyclic) bond motifs is 10. The maximum atomic E-state index is 13.6. The van der Waals surface area contributed by atoms with Gasteiger partial charge in [0.15, 0.2) is 19.7 Å². The lowest BCUT2D eigenvalue weighted by molar-refractivity contribution is -0.0460. The first kappa shape index (κ1) is 60.7. The highest BCUT2D eigenvalue weighted by atomic mass is 32.2. The van der Waals surface area contributed by atoms with Crippen molar-refractivity contribution < 1.29 is 36.9 Å². The Labute approximate surface area is 468 Å². The van der Waals surface area contributed by atoms with Crippen LogP contribution >= 0.6 is 0 Å². The molecular formula is C67H104O8S2. The topological polar surface area (TPSA) is 142 Å². The van der Waals surface area contributed by atoms with Gasteiger partial charge < -0.3 is 20.1 Å². The smallest absolute Gasteiger partial charge is 0.181 e. The molecule has 432 valence electrons. The summed E-state index contributed by atoms with van der Waals surface area (Å²) in [6, 6.07) is 17.8. The summed E-state index contributed by atoms with van der Waals surface area (Å²) in [5.41, 5.74) is 2.76. The number of allylic oxidation sites excluding steroid dienone is 2. The second-order valence-corrected chi connectivity index (χ2v) is 31.8. The Balaban J connectivity index is 0.000000188. The Hall–Kier alpha value is -2.34. The Bertz CT molecular complexity index is 2560. The van der Waals surface area contributed by atoms with Gasteiger partial charge in [-0.15, -0.1) is 0 Å². The molecule has 9 aliphatic rings. The molecule has 7 fully saturated rings. The number of rotatable bonds is 14. The van der Waals surface area contributed by atoms with E-state index in [1.54, 1.807) is 54.5 Å². The number of hydrogen-bond donors (Lipinski definition) is 3. The van der Waals surface area contributed by atoms with Crippen molar-refractivity contribution >= 4 is 19.7 Å². The zero-order valence-corrected chi connectivity index (χ0v) is 49.7. The molecule has 0 amide bonds. The van der Waals surface area contributed by atoms with E-state index in [-0.39, 0.29) is 18.6 Å². The molecule has 77 heavy (non-hydrogen) atoms. The lowest BCUT2D eigenvalue weighted by Gasteiger charge is -2.55. The number of epoxide rings is 1. The van der Waals surface area contributed by atoms with Gasteiger partial charge in [0.2, 0.25) is 0 Å². The van der Waals surface area contributed by atoms with Gasteiger partial charge >= 0.3 is 0 Å². The molecule has 0 radical (unpaired) electrons. The van der Waals surface area contributed by atoms with Gasteiger partial charge in [-0.05, 0) is 255 Å². The summed E-state index contributed by atoms with van der Waals surface area (Å²) in [7, 11) is -6.71. The highest BCUT2D eigenvalue weighted by Crippen LogP contribution is 2.67. The molecule has 8 nitrogen and oxygen atoms in total. The van der Waals surface area contributed by atoms with Crippen LogP contribution < -0.4 is 0 Å². The molecule has 1 unspecified atom stereocenters. The molecule has 10 heteroatoms. The zero-order chi connectivity index (χ0) is 54.4. The molecule has 0 spiro atoms. The van der Waals surface area contributed by atoms with Crippen LogP contribution in [0.1, 0.15) is 198 Å². The number of ether oxygens (including phenoxy) is 1. The summed E-state index contributed by atoms with van der Waals surface area (Å²) in [5.74, 6) is 8.06. The minimum absolute atomic E-state index is 0. The Morgan fingerprint density at radius 3 is 1.48 bits per heavy atom. The summed E-state index contributed by atoms with van der Waals surface area (Å²) < 4.78 is 57.7. The number of benzene rings is 2. The third-order valence-corrected chi connectivity index (χ3v) is 27.2. The molecule has 1 aliphatic heterocycles. The van der Waals surface area contributed by atoms with Crippen molar-refractivity contribution in [2.24, 2.45) is 81.8 Å². The molecule has 2 aromatic rings. The van der Waals surface area contributed by atoms with Crippen LogP contribution in [0, 0.1) is 81.8 Å². The van der Waals surface area contributed by atoms with Gasteiger partial charge in [-0.25, -0.2) is 16.8 Å². The average molecular weight is 1100 g/mol. The summed E-state index contributed by atoms with van der Waals surface area (Å²) in [6.45, 7) is 18.7. The van der Waals surface area contributed by atoms with Crippen LogP contribution in [0.4, 0.5) is 0 Å². The predicted molar refractivity (Wildman–Crippen MR) is 314 cm³/mol. The second kappa shape index (κ2) is 24.2. The van der Waals surface area contributed by atoms with Gasteiger partial charge in [0, 0.05) is 0 Å². The number of aliphatic hydroxyl groups excluding tert-OH is 1. The van der Waals surface area contributed by atoms with E-state index in [1.807, 2.05) is 24.3 Å². The predicted octanol–water partition coefficient (Wildman–Crippen LogP) is 14.8. The van der Waals surface area contributed by atoms with E-state index in [2.05, 4.69) is 60.6 Å². The van der Waals surface area contributed by atoms with Crippen LogP contribution in [0.3, 0.4) is 0 Å². The third kappa shape index (κ3) is 12.7. The fourth-order valence-electron chi connectivity index (χ4n) is 18.8. The van der Waals surface area contributed by atoms with E-state index in [0.29, 0.717) is 75.6 Å². The molecule has 3 N–H and O–H groups in total. The van der Waals surface area contributed by atoms with Gasteiger partial charge in [-0.2, -0.15) is 0 Å². The molecule has 6 saturated carbocycles. The van der Waals surface area contributed by atoms with Crippen molar-refractivity contribution in [3.05, 3.63) is 84.0 Å². The fraction of sp³-hybridized carbons (Fsp3) is 0.761. The Kier molecular flexibility index (Phi) is 19.1. The quantitative estimate of drug-likeness (QED) is 0.125. The summed E-state index contributed by atoms with van der Waals surface area (Å²) in [4.78, 5) is 0.839. The van der Waals surface area contributed by atoms with Crippen molar-refractivity contribution in [1.29, 1.82) is 0 Å². The van der Waals surface area contributed by atoms with Gasteiger partial charge in [-0.3, -0.25) is 0 Å². The first-order chi connectivity index (χ1) is 36.0. The van der Waals surface area contributed by atoms with Crippen LogP contribution in [-0.4, -0.2) is 73.2 Å². The van der Waals surface area contributed by atoms with Crippen LogP contribution in [0.15, 0.2) is 93.8 Å². The maximum Gasteiger partial charge on any atom is 0.181 e. The van der Waals surface area contributed by atoms with Crippen molar-refractivity contribution in [3.8, 4) is 0 Å². The average Bonchev–Trinajstić information content (AvgIpc) is 4.04. The number of hydrogen-bond acceptors (Lipinski definition) is 8. The van der Waals surface area contributed by atoms with E-state index >= 15 is 0 Å². The summed E-state index contributed by atoms with van der Waals surface area (Å²) >= 11 is 0. The van der Waals surface area contributed by atoms with E-state index in [1.165, 1.54) is 57.8 Å². The van der Waals surface area contributed by atoms with Crippen LogP contribution in [-0.2, 0) is 24.4 Å². The van der Waals surface area contributed by atoms with Gasteiger partial charge in [-0.1, -0.05) is 109 Å². The highest BCUT2D eigenvalue weighted by Gasteiger charge is 2.59. The molecule has 8 aliphatic carbocycles. The minimum atomic E-state index is -3.50. The monoisotopic (exact) mass is 1100 g/mol. The Morgan fingerprint density at radius 2 is 1.05 bits per heavy atom. The number of aliphatic hydroxyl groups is 3. The SMILES string of the molecule is C.CC[C@]1(O)CC[C@H]2C(=CC[C@@H]3[C@@H]2CC[C@]2(C)[C@@H]([C@H](C)CC(C[C@@H](C)O)S(=O)(=O)c4ccccc4)CC[C@@H]32)C1.CC[C@]1(O)CC[C@H]2C(=CC[C@@H]3[C@@H]2CC[C@]2(C)[C@@H]([C@H](C)CCS(=O)(=O)c4ccccc4)CC[C@@H]32)C1.C[C@@H]1CO1. The molecule has 0 bridgehead atoms. The first-order valence-corrected chi connectivity index (χ1v) is 33.9. The standard InChI is InChI=1S/C33H50O4S.C30H44O3S.C3H6O.CH4/c1-5-33(35)18-16-27-24(21-33)11-12-29-28(27)15-17-32(4)30(13-14-31(29)32)22(2)19-26(20-23(3)34)38(36,37)25-9-7-6-8-10-25;1-4-30(31)18-15-24-22(20-30)10-11-26-25(24)14-17-29(3)27(12-13-28(26)29)21(2)16-19-34(32,33)23-8-6-5-7-9-23;1-3-2-4-3;/h6-11,22-23,26-31,34-35H,5,12-21H2,1-4H3;5-10,21,24-28,31H,4,11-20H2,1-3H3;3H,2H2,1H3;1H4/t22-,23-,26?,27+,28-,29-,30-,31+,32-,33+;21-,24+,25-,26-,27-,28+,29-,30+;3-;/m111./s1.